The molecule has 0 radical (unpaired) electrons. The van der Waals surface area contributed by atoms with Crippen LogP contribution in [0.25, 0.3) is 0 Å². The maximum Gasteiger partial charge on any atom is 0.0717 e. The molecule has 0 amide bonds. The van der Waals surface area contributed by atoms with Gasteiger partial charge in [0.05, 0.1) is 6.61 Å². The number of aliphatic hydroxyl groups is 1. The summed E-state index contributed by atoms with van der Waals surface area (Å²) in [6, 6.07) is 1.92. The van der Waals surface area contributed by atoms with Crippen molar-refractivity contribution in [2.45, 2.75) is 13.5 Å². The summed E-state index contributed by atoms with van der Waals surface area (Å²) in [5.74, 6) is 0. The first-order valence-corrected chi connectivity index (χ1v) is 4.73. The van der Waals surface area contributed by atoms with E-state index in [4.69, 9.17) is 5.11 Å². The third-order valence-corrected chi connectivity index (χ3v) is 2.12. The zero-order chi connectivity index (χ0) is 10.4. The predicted octanol–water partition coefficient (Wildman–Crippen LogP) is 1.59. The standard InChI is InChI=1S/C11H16N2O/c1-3-7-13(4-2)11-5-6-12-8-10(11)9-14/h3,5-6,8,14H,1,4,7,9H2,2H3. The number of hydrogen-bond donors (Lipinski definition) is 1. The Balaban J connectivity index is 2.95. The quantitative estimate of drug-likeness (QED) is 0.720. The van der Waals surface area contributed by atoms with Crippen molar-refractivity contribution in [1.29, 1.82) is 0 Å². The van der Waals surface area contributed by atoms with E-state index in [-0.39, 0.29) is 6.61 Å². The lowest BCUT2D eigenvalue weighted by Gasteiger charge is -2.23. The van der Waals surface area contributed by atoms with Crippen LogP contribution >= 0.6 is 0 Å². The Labute approximate surface area is 84.7 Å². The fraction of sp³-hybridized carbons (Fsp3) is 0.364. The average Bonchev–Trinajstić information content (AvgIpc) is 2.26. The van der Waals surface area contributed by atoms with Gasteiger partial charge >= 0.3 is 0 Å². The molecule has 0 fully saturated rings. The number of nitrogens with zero attached hydrogens (tertiary/aromatic N) is 2. The van der Waals surface area contributed by atoms with Crippen LogP contribution in [0.4, 0.5) is 5.69 Å². The van der Waals surface area contributed by atoms with Gasteiger partial charge in [-0.15, -0.1) is 6.58 Å². The van der Waals surface area contributed by atoms with Gasteiger partial charge in [-0.25, -0.2) is 0 Å². The topological polar surface area (TPSA) is 36.4 Å². The van der Waals surface area contributed by atoms with Crippen molar-refractivity contribution < 1.29 is 5.11 Å². The van der Waals surface area contributed by atoms with Crippen molar-refractivity contribution >= 4 is 5.69 Å². The molecule has 0 bridgehead atoms. The van der Waals surface area contributed by atoms with Crippen molar-refractivity contribution in [1.82, 2.24) is 4.98 Å². The van der Waals surface area contributed by atoms with Gasteiger partial charge in [-0.05, 0) is 13.0 Å². The Hall–Kier alpha value is -1.35. The number of hydrogen-bond acceptors (Lipinski definition) is 3. The average molecular weight is 192 g/mol. The Morgan fingerprint density at radius 2 is 2.43 bits per heavy atom. The Morgan fingerprint density at radius 3 is 3.00 bits per heavy atom. The summed E-state index contributed by atoms with van der Waals surface area (Å²) >= 11 is 0. The van der Waals surface area contributed by atoms with E-state index in [1.54, 1.807) is 12.4 Å². The van der Waals surface area contributed by atoms with Gasteiger partial charge in [-0.2, -0.15) is 0 Å². The van der Waals surface area contributed by atoms with Crippen molar-refractivity contribution in [2.75, 3.05) is 18.0 Å². The molecule has 1 aromatic rings. The molecule has 1 N–H and O–H groups in total. The predicted molar refractivity (Wildman–Crippen MR) is 58.2 cm³/mol. The molecule has 76 valence electrons. The lowest BCUT2D eigenvalue weighted by molar-refractivity contribution is 0.281. The van der Waals surface area contributed by atoms with Gasteiger partial charge in [0, 0.05) is 36.7 Å². The Morgan fingerprint density at radius 1 is 1.64 bits per heavy atom. The van der Waals surface area contributed by atoms with Gasteiger partial charge in [0.25, 0.3) is 0 Å². The second-order valence-electron chi connectivity index (χ2n) is 2.99. The number of aromatic nitrogens is 1. The molecule has 0 aromatic carbocycles. The van der Waals surface area contributed by atoms with Crippen LogP contribution in [-0.4, -0.2) is 23.2 Å². The van der Waals surface area contributed by atoms with E-state index in [0.29, 0.717) is 0 Å². The SMILES string of the molecule is C=CCN(CC)c1ccncc1CO. The second kappa shape index (κ2) is 5.40. The Bertz CT molecular complexity index is 299. The van der Waals surface area contributed by atoms with Crippen molar-refractivity contribution in [3.63, 3.8) is 0 Å². The molecule has 0 aliphatic heterocycles. The van der Waals surface area contributed by atoms with Crippen molar-refractivity contribution in [2.24, 2.45) is 0 Å². The monoisotopic (exact) mass is 192 g/mol. The first-order chi connectivity index (χ1) is 6.83. The van der Waals surface area contributed by atoms with Crippen LogP contribution in [0.2, 0.25) is 0 Å². The lowest BCUT2D eigenvalue weighted by atomic mass is 10.2. The first kappa shape index (κ1) is 10.7. The van der Waals surface area contributed by atoms with E-state index in [1.165, 1.54) is 0 Å². The molecule has 14 heavy (non-hydrogen) atoms. The zero-order valence-electron chi connectivity index (χ0n) is 8.48. The molecule has 1 aromatic heterocycles. The summed E-state index contributed by atoms with van der Waals surface area (Å²) in [6.07, 6.45) is 5.28. The first-order valence-electron chi connectivity index (χ1n) is 4.73. The Kier molecular flexibility index (Phi) is 4.13. The highest BCUT2D eigenvalue weighted by atomic mass is 16.3. The number of rotatable bonds is 5. The van der Waals surface area contributed by atoms with Crippen molar-refractivity contribution in [3.8, 4) is 0 Å². The van der Waals surface area contributed by atoms with Crippen molar-refractivity contribution in [3.05, 3.63) is 36.7 Å². The molecule has 3 heteroatoms. The van der Waals surface area contributed by atoms with E-state index in [1.807, 2.05) is 12.1 Å². The molecule has 0 unspecified atom stereocenters. The smallest absolute Gasteiger partial charge is 0.0717 e. The summed E-state index contributed by atoms with van der Waals surface area (Å²) in [5.41, 5.74) is 1.89. The minimum atomic E-state index is 0.0246. The maximum absolute atomic E-state index is 9.14. The highest BCUT2D eigenvalue weighted by Crippen LogP contribution is 2.18. The van der Waals surface area contributed by atoms with Crippen LogP contribution in [-0.2, 0) is 6.61 Å². The molecule has 0 aliphatic rings. The minimum absolute atomic E-state index is 0.0246. The van der Waals surface area contributed by atoms with Crippen LogP contribution in [0.1, 0.15) is 12.5 Å². The number of anilines is 1. The van der Waals surface area contributed by atoms with E-state index in [2.05, 4.69) is 23.4 Å². The normalized spacial score (nSPS) is 9.86. The summed E-state index contributed by atoms with van der Waals surface area (Å²) < 4.78 is 0. The maximum atomic E-state index is 9.14. The molecule has 0 atom stereocenters. The molecule has 0 spiro atoms. The fourth-order valence-electron chi connectivity index (χ4n) is 1.40. The summed E-state index contributed by atoms with van der Waals surface area (Å²) in [6.45, 7) is 7.49. The van der Waals surface area contributed by atoms with Gasteiger partial charge < -0.3 is 10.0 Å². The van der Waals surface area contributed by atoms with Crippen LogP contribution in [0.15, 0.2) is 31.1 Å². The van der Waals surface area contributed by atoms with Gasteiger partial charge in [-0.1, -0.05) is 6.08 Å². The summed E-state index contributed by atoms with van der Waals surface area (Å²) in [4.78, 5) is 6.12. The van der Waals surface area contributed by atoms with E-state index in [9.17, 15) is 0 Å². The molecule has 1 heterocycles. The third-order valence-electron chi connectivity index (χ3n) is 2.12. The van der Waals surface area contributed by atoms with Gasteiger partial charge in [0.1, 0.15) is 0 Å². The van der Waals surface area contributed by atoms with Crippen LogP contribution < -0.4 is 4.90 Å². The second-order valence-corrected chi connectivity index (χ2v) is 2.99. The minimum Gasteiger partial charge on any atom is -0.392 e. The highest BCUT2D eigenvalue weighted by molar-refractivity contribution is 5.52. The van der Waals surface area contributed by atoms with E-state index >= 15 is 0 Å². The number of likely N-dealkylation sites (N-methyl/N-ethyl adjacent to an activating group) is 1. The number of pyridine rings is 1. The molecule has 1 rings (SSSR count). The van der Waals surface area contributed by atoms with Crippen LogP contribution in [0.5, 0.6) is 0 Å². The fourth-order valence-corrected chi connectivity index (χ4v) is 1.40. The van der Waals surface area contributed by atoms with Gasteiger partial charge in [0.15, 0.2) is 0 Å². The van der Waals surface area contributed by atoms with Gasteiger partial charge in [0.2, 0.25) is 0 Å². The molecule has 3 nitrogen and oxygen atoms in total. The molecule has 0 saturated carbocycles. The van der Waals surface area contributed by atoms with E-state index in [0.717, 1.165) is 24.3 Å². The third kappa shape index (κ3) is 2.33. The van der Waals surface area contributed by atoms with Crippen LogP contribution in [0.3, 0.4) is 0 Å². The van der Waals surface area contributed by atoms with Gasteiger partial charge in [-0.3, -0.25) is 4.98 Å². The molecule has 0 saturated heterocycles. The van der Waals surface area contributed by atoms with E-state index < -0.39 is 0 Å². The summed E-state index contributed by atoms with van der Waals surface area (Å²) in [7, 11) is 0. The van der Waals surface area contributed by atoms with Crippen LogP contribution in [0, 0.1) is 0 Å². The molecular weight excluding hydrogens is 176 g/mol. The highest BCUT2D eigenvalue weighted by Gasteiger charge is 2.06. The molecule has 0 aliphatic carbocycles. The largest absolute Gasteiger partial charge is 0.392 e. The zero-order valence-corrected chi connectivity index (χ0v) is 8.48. The molecular formula is C11H16N2O. The number of aliphatic hydroxyl groups excluding tert-OH is 1. The summed E-state index contributed by atoms with van der Waals surface area (Å²) in [5, 5.41) is 9.14. The lowest BCUT2D eigenvalue weighted by Crippen LogP contribution is -2.23.